The smallest absolute Gasteiger partial charge is 0.138 e. The number of rotatable bonds is 4. The van der Waals surface area contributed by atoms with E-state index in [1.54, 1.807) is 17.7 Å². The summed E-state index contributed by atoms with van der Waals surface area (Å²) < 4.78 is 0. The molecule has 3 nitrogen and oxygen atoms in total. The summed E-state index contributed by atoms with van der Waals surface area (Å²) in [5.41, 5.74) is 0.141. The predicted molar refractivity (Wildman–Crippen MR) is 79.6 cm³/mol. The molecule has 0 spiro atoms. The summed E-state index contributed by atoms with van der Waals surface area (Å²) in [5, 5.41) is 6.65. The third-order valence-electron chi connectivity index (χ3n) is 3.02. The number of hydrogen-bond acceptors (Lipinski definition) is 4. The second kappa shape index (κ2) is 5.41. The Morgan fingerprint density at radius 2 is 2.17 bits per heavy atom. The number of fused-ring (bicyclic) bond motifs is 1. The van der Waals surface area contributed by atoms with E-state index in [2.05, 4.69) is 42.1 Å². The van der Waals surface area contributed by atoms with Gasteiger partial charge in [0.1, 0.15) is 17.0 Å². The zero-order valence-corrected chi connectivity index (χ0v) is 12.5. The Kier molecular flexibility index (Phi) is 4.07. The van der Waals surface area contributed by atoms with Crippen LogP contribution in [0, 0.1) is 5.41 Å². The van der Waals surface area contributed by atoms with E-state index < -0.39 is 0 Å². The number of aromatic nitrogens is 2. The van der Waals surface area contributed by atoms with Crippen LogP contribution < -0.4 is 5.32 Å². The molecule has 5 heteroatoms. The van der Waals surface area contributed by atoms with E-state index in [4.69, 9.17) is 11.6 Å². The minimum Gasteiger partial charge on any atom is -0.366 e. The fourth-order valence-corrected chi connectivity index (χ4v) is 2.85. The van der Waals surface area contributed by atoms with Crippen molar-refractivity contribution in [3.05, 3.63) is 17.8 Å². The average molecular weight is 284 g/mol. The molecular weight excluding hydrogens is 266 g/mol. The van der Waals surface area contributed by atoms with E-state index in [1.807, 2.05) is 5.38 Å². The van der Waals surface area contributed by atoms with E-state index in [-0.39, 0.29) is 5.41 Å². The molecule has 0 saturated carbocycles. The Hall–Kier alpha value is -0.870. The maximum absolute atomic E-state index is 5.89. The molecule has 0 saturated heterocycles. The van der Waals surface area contributed by atoms with Gasteiger partial charge in [0.2, 0.25) is 0 Å². The first kappa shape index (κ1) is 13.6. The molecule has 0 aliphatic carbocycles. The predicted octanol–water partition coefficient (Wildman–Crippen LogP) is 4.15. The van der Waals surface area contributed by atoms with Gasteiger partial charge in [-0.2, -0.15) is 0 Å². The second-order valence-corrected chi connectivity index (χ2v) is 6.67. The summed E-state index contributed by atoms with van der Waals surface area (Å²) >= 11 is 7.53. The molecule has 2 rings (SSSR count). The molecule has 0 radical (unpaired) electrons. The van der Waals surface area contributed by atoms with Gasteiger partial charge in [-0.15, -0.1) is 22.9 Å². The number of halogens is 1. The normalized spacial score (nSPS) is 13.8. The molecule has 0 fully saturated rings. The van der Waals surface area contributed by atoms with E-state index in [1.165, 1.54) is 0 Å². The quantitative estimate of drug-likeness (QED) is 0.857. The molecule has 1 unspecified atom stereocenters. The minimum atomic E-state index is 0.141. The van der Waals surface area contributed by atoms with Gasteiger partial charge in [-0.1, -0.05) is 20.8 Å². The van der Waals surface area contributed by atoms with Crippen molar-refractivity contribution in [1.82, 2.24) is 9.97 Å². The van der Waals surface area contributed by atoms with Crippen LogP contribution in [-0.2, 0) is 0 Å². The van der Waals surface area contributed by atoms with Crippen LogP contribution >= 0.6 is 22.9 Å². The summed E-state index contributed by atoms with van der Waals surface area (Å²) in [6.07, 6.45) is 2.53. The summed E-state index contributed by atoms with van der Waals surface area (Å²) in [6.45, 7) is 6.63. The van der Waals surface area contributed by atoms with Gasteiger partial charge < -0.3 is 5.32 Å². The van der Waals surface area contributed by atoms with E-state index >= 15 is 0 Å². The largest absolute Gasteiger partial charge is 0.366 e. The zero-order chi connectivity index (χ0) is 13.2. The minimum absolute atomic E-state index is 0.141. The molecule has 0 aliphatic rings. The molecule has 0 aliphatic heterocycles. The van der Waals surface area contributed by atoms with Crippen LogP contribution in [0.25, 0.3) is 10.2 Å². The van der Waals surface area contributed by atoms with Crippen molar-refractivity contribution >= 4 is 39.0 Å². The average Bonchev–Trinajstić information content (AvgIpc) is 2.76. The van der Waals surface area contributed by atoms with Gasteiger partial charge in [0.15, 0.2) is 0 Å². The number of thiophene rings is 1. The van der Waals surface area contributed by atoms with Crippen molar-refractivity contribution in [2.45, 2.75) is 33.2 Å². The van der Waals surface area contributed by atoms with E-state index in [0.29, 0.717) is 11.9 Å². The van der Waals surface area contributed by atoms with Crippen LogP contribution in [0.2, 0.25) is 0 Å². The lowest BCUT2D eigenvalue weighted by atomic mass is 9.85. The highest BCUT2D eigenvalue weighted by atomic mass is 35.5. The molecule has 0 bridgehead atoms. The molecule has 2 aromatic heterocycles. The Morgan fingerprint density at radius 3 is 2.83 bits per heavy atom. The molecule has 1 atom stereocenters. The van der Waals surface area contributed by atoms with Crippen LogP contribution in [0.15, 0.2) is 17.8 Å². The van der Waals surface area contributed by atoms with Gasteiger partial charge in [-0.25, -0.2) is 9.97 Å². The Bertz CT molecular complexity index is 518. The Labute approximate surface area is 117 Å². The third-order valence-corrected chi connectivity index (χ3v) is 4.05. The van der Waals surface area contributed by atoms with Gasteiger partial charge in [-0.3, -0.25) is 0 Å². The highest BCUT2D eigenvalue weighted by Gasteiger charge is 2.24. The van der Waals surface area contributed by atoms with Gasteiger partial charge in [0.25, 0.3) is 0 Å². The van der Waals surface area contributed by atoms with Crippen molar-refractivity contribution in [1.29, 1.82) is 0 Å². The van der Waals surface area contributed by atoms with E-state index in [9.17, 15) is 0 Å². The number of hydrogen-bond donors (Lipinski definition) is 1. The van der Waals surface area contributed by atoms with Crippen LogP contribution in [0.3, 0.4) is 0 Å². The fourth-order valence-electron chi connectivity index (χ4n) is 1.90. The molecular formula is C13H18ClN3S. The maximum atomic E-state index is 5.89. The Morgan fingerprint density at radius 1 is 1.39 bits per heavy atom. The standard InChI is InChI=1S/C13H18ClN3S/c1-13(2,3)10(4-6-14)17-11-9-5-7-18-12(9)16-8-15-11/h5,7-8,10H,4,6H2,1-3H3,(H,15,16,17). The highest BCUT2D eigenvalue weighted by molar-refractivity contribution is 7.16. The van der Waals surface area contributed by atoms with Gasteiger partial charge in [0.05, 0.1) is 5.39 Å². The summed E-state index contributed by atoms with van der Waals surface area (Å²) in [6, 6.07) is 2.36. The summed E-state index contributed by atoms with van der Waals surface area (Å²) in [7, 11) is 0. The molecule has 2 aromatic rings. The van der Waals surface area contributed by atoms with Crippen LogP contribution in [0.1, 0.15) is 27.2 Å². The van der Waals surface area contributed by atoms with E-state index in [0.717, 1.165) is 22.5 Å². The number of anilines is 1. The van der Waals surface area contributed by atoms with Crippen molar-refractivity contribution in [2.75, 3.05) is 11.2 Å². The second-order valence-electron chi connectivity index (χ2n) is 5.40. The molecule has 0 aromatic carbocycles. The highest BCUT2D eigenvalue weighted by Crippen LogP contribution is 2.29. The third kappa shape index (κ3) is 2.93. The summed E-state index contributed by atoms with van der Waals surface area (Å²) in [4.78, 5) is 9.63. The first-order chi connectivity index (χ1) is 8.52. The van der Waals surface area contributed by atoms with Crippen molar-refractivity contribution in [2.24, 2.45) is 5.41 Å². The summed E-state index contributed by atoms with van der Waals surface area (Å²) in [5.74, 6) is 1.55. The lowest BCUT2D eigenvalue weighted by Crippen LogP contribution is -2.34. The van der Waals surface area contributed by atoms with Crippen LogP contribution in [0.5, 0.6) is 0 Å². The van der Waals surface area contributed by atoms with Gasteiger partial charge in [0, 0.05) is 11.9 Å². The maximum Gasteiger partial charge on any atom is 0.138 e. The first-order valence-corrected chi connectivity index (χ1v) is 7.44. The zero-order valence-electron chi connectivity index (χ0n) is 10.9. The molecule has 2 heterocycles. The number of alkyl halides is 1. The van der Waals surface area contributed by atoms with Crippen molar-refractivity contribution in [3.63, 3.8) is 0 Å². The van der Waals surface area contributed by atoms with Crippen LogP contribution in [0.4, 0.5) is 5.82 Å². The topological polar surface area (TPSA) is 37.8 Å². The Balaban J connectivity index is 2.28. The van der Waals surface area contributed by atoms with Crippen LogP contribution in [-0.4, -0.2) is 21.9 Å². The van der Waals surface area contributed by atoms with Gasteiger partial charge >= 0.3 is 0 Å². The van der Waals surface area contributed by atoms with Gasteiger partial charge in [-0.05, 0) is 23.3 Å². The fraction of sp³-hybridized carbons (Fsp3) is 0.538. The first-order valence-electron chi connectivity index (χ1n) is 6.03. The molecule has 98 valence electrons. The monoisotopic (exact) mass is 283 g/mol. The lowest BCUT2D eigenvalue weighted by Gasteiger charge is -2.31. The molecule has 1 N–H and O–H groups in total. The lowest BCUT2D eigenvalue weighted by molar-refractivity contribution is 0.334. The van der Waals surface area contributed by atoms with Crippen molar-refractivity contribution in [3.8, 4) is 0 Å². The number of nitrogens with one attached hydrogen (secondary N) is 1. The molecule has 0 amide bonds. The SMILES string of the molecule is CC(C)(C)C(CCCl)Nc1ncnc2sccc12. The number of nitrogens with zero attached hydrogens (tertiary/aromatic N) is 2. The molecule has 18 heavy (non-hydrogen) atoms. The van der Waals surface area contributed by atoms with Crippen molar-refractivity contribution < 1.29 is 0 Å².